The van der Waals surface area contributed by atoms with E-state index >= 15 is 0 Å². The topological polar surface area (TPSA) is 57.5 Å². The highest BCUT2D eigenvalue weighted by atomic mass is 16.4. The number of aliphatic carboxylic acids is 1. The van der Waals surface area contributed by atoms with Crippen molar-refractivity contribution in [2.24, 2.45) is 34.5 Å². The summed E-state index contributed by atoms with van der Waals surface area (Å²) in [6, 6.07) is 0. The smallest absolute Gasteiger partial charge is 0.307 e. The molecule has 0 saturated heterocycles. The Kier molecular flexibility index (Phi) is 3.46. The van der Waals surface area contributed by atoms with Crippen molar-refractivity contribution in [1.29, 1.82) is 0 Å². The molecule has 3 nitrogen and oxygen atoms in total. The molecule has 0 radical (unpaired) electrons. The molecule has 0 aromatic carbocycles. The third kappa shape index (κ3) is 2.08. The number of fused-ring (bicyclic) bond motifs is 5. The molecule has 3 heteroatoms. The lowest BCUT2D eigenvalue weighted by Gasteiger charge is -2.58. The fraction of sp³-hybridized carbons (Fsp3) is 0.850. The van der Waals surface area contributed by atoms with Crippen molar-refractivity contribution in [1.82, 2.24) is 0 Å². The van der Waals surface area contributed by atoms with Crippen LogP contribution in [0.1, 0.15) is 65.2 Å². The van der Waals surface area contributed by atoms with Crippen LogP contribution in [-0.2, 0) is 4.79 Å². The average molecular weight is 318 g/mol. The van der Waals surface area contributed by atoms with Crippen LogP contribution < -0.4 is 0 Å². The van der Waals surface area contributed by atoms with Gasteiger partial charge in [-0.15, -0.1) is 0 Å². The van der Waals surface area contributed by atoms with Crippen LogP contribution in [0, 0.1) is 34.5 Å². The second-order valence-corrected chi connectivity index (χ2v) is 9.14. The minimum absolute atomic E-state index is 0.0127. The van der Waals surface area contributed by atoms with Gasteiger partial charge in [0, 0.05) is 0 Å². The van der Waals surface area contributed by atoms with Crippen molar-refractivity contribution < 1.29 is 15.0 Å². The minimum Gasteiger partial charge on any atom is -0.481 e. The highest BCUT2D eigenvalue weighted by molar-refractivity contribution is 5.71. The normalized spacial score (nSPS) is 52.1. The van der Waals surface area contributed by atoms with Crippen LogP contribution in [0.15, 0.2) is 11.6 Å². The van der Waals surface area contributed by atoms with E-state index in [0.29, 0.717) is 17.8 Å². The Labute approximate surface area is 139 Å². The minimum atomic E-state index is -0.572. The molecule has 0 aromatic rings. The molecule has 6 unspecified atom stereocenters. The van der Waals surface area contributed by atoms with Gasteiger partial charge in [0.25, 0.3) is 0 Å². The first-order valence-corrected chi connectivity index (χ1v) is 9.48. The predicted molar refractivity (Wildman–Crippen MR) is 88.8 cm³/mol. The predicted octanol–water partition coefficient (Wildman–Crippen LogP) is 4.01. The Hall–Kier alpha value is -0.830. The number of aliphatic hydroxyl groups excluding tert-OH is 1. The molecule has 0 heterocycles. The van der Waals surface area contributed by atoms with Crippen molar-refractivity contribution in [3.8, 4) is 0 Å². The van der Waals surface area contributed by atoms with E-state index in [2.05, 4.69) is 19.9 Å². The highest BCUT2D eigenvalue weighted by Crippen LogP contribution is 2.66. The summed E-state index contributed by atoms with van der Waals surface area (Å²) in [7, 11) is 0. The zero-order valence-electron chi connectivity index (χ0n) is 14.4. The van der Waals surface area contributed by atoms with Crippen LogP contribution in [0.5, 0.6) is 0 Å². The maximum atomic E-state index is 11.7. The van der Waals surface area contributed by atoms with Crippen LogP contribution in [0.3, 0.4) is 0 Å². The van der Waals surface area contributed by atoms with Gasteiger partial charge in [-0.3, -0.25) is 4.79 Å². The third-order valence-corrected chi connectivity index (χ3v) is 8.39. The summed E-state index contributed by atoms with van der Waals surface area (Å²) in [5.74, 6) is 1.27. The van der Waals surface area contributed by atoms with Crippen molar-refractivity contribution in [3.63, 3.8) is 0 Å². The van der Waals surface area contributed by atoms with Gasteiger partial charge in [0.2, 0.25) is 0 Å². The molecule has 3 fully saturated rings. The number of carboxylic acid groups (broad SMARTS) is 1. The molecular weight excluding hydrogens is 288 g/mol. The van der Waals surface area contributed by atoms with Gasteiger partial charge in [-0.25, -0.2) is 0 Å². The Morgan fingerprint density at radius 2 is 1.87 bits per heavy atom. The molecule has 0 aliphatic heterocycles. The van der Waals surface area contributed by atoms with E-state index in [1.807, 2.05) is 0 Å². The summed E-state index contributed by atoms with van der Waals surface area (Å²) in [5, 5.41) is 19.6. The number of allylic oxidation sites excluding steroid dienone is 1. The number of carbonyl (C=O) groups is 1. The number of hydrogen-bond donors (Lipinski definition) is 2. The van der Waals surface area contributed by atoms with Crippen LogP contribution in [0.2, 0.25) is 0 Å². The molecule has 0 spiro atoms. The molecule has 3 saturated carbocycles. The first kappa shape index (κ1) is 15.7. The quantitative estimate of drug-likeness (QED) is 0.718. The van der Waals surface area contributed by atoms with E-state index in [9.17, 15) is 15.0 Å². The Morgan fingerprint density at radius 3 is 2.61 bits per heavy atom. The van der Waals surface area contributed by atoms with E-state index in [-0.39, 0.29) is 22.9 Å². The van der Waals surface area contributed by atoms with Crippen LogP contribution >= 0.6 is 0 Å². The van der Waals surface area contributed by atoms with Crippen LogP contribution in [-0.4, -0.2) is 22.3 Å². The fourth-order valence-electron chi connectivity index (χ4n) is 7.12. The third-order valence-electron chi connectivity index (χ3n) is 8.39. The fourth-order valence-corrected chi connectivity index (χ4v) is 7.12. The molecule has 0 bridgehead atoms. The Bertz CT molecular complexity index is 553. The number of rotatable bonds is 1. The van der Waals surface area contributed by atoms with Gasteiger partial charge in [-0.05, 0) is 80.0 Å². The van der Waals surface area contributed by atoms with Gasteiger partial charge >= 0.3 is 5.97 Å². The molecule has 23 heavy (non-hydrogen) atoms. The highest BCUT2D eigenvalue weighted by Gasteiger charge is 2.60. The molecular formula is C20H30O3. The van der Waals surface area contributed by atoms with Gasteiger partial charge in [0.15, 0.2) is 0 Å². The number of hydrogen-bond acceptors (Lipinski definition) is 2. The first-order chi connectivity index (χ1) is 10.9. The maximum Gasteiger partial charge on any atom is 0.307 e. The van der Waals surface area contributed by atoms with Gasteiger partial charge in [0.1, 0.15) is 0 Å². The second-order valence-electron chi connectivity index (χ2n) is 9.14. The van der Waals surface area contributed by atoms with Gasteiger partial charge in [-0.1, -0.05) is 25.5 Å². The molecule has 2 N–H and O–H groups in total. The summed E-state index contributed by atoms with van der Waals surface area (Å²) in [6.45, 7) is 4.69. The number of aliphatic hydroxyl groups is 1. The largest absolute Gasteiger partial charge is 0.481 e. The molecule has 4 aliphatic rings. The molecule has 0 amide bonds. The summed E-state index contributed by atoms with van der Waals surface area (Å²) in [6.07, 6.45) is 10.4. The van der Waals surface area contributed by atoms with E-state index in [4.69, 9.17) is 0 Å². The van der Waals surface area contributed by atoms with Gasteiger partial charge < -0.3 is 10.2 Å². The SMILES string of the molecule is CC12CCC(O)C=C1CCC1C2CCC2(C)C1CC[C@@H]2C(=O)O. The summed E-state index contributed by atoms with van der Waals surface area (Å²) in [4.78, 5) is 11.7. The molecule has 7 atom stereocenters. The van der Waals surface area contributed by atoms with Crippen molar-refractivity contribution in [2.45, 2.75) is 71.3 Å². The van der Waals surface area contributed by atoms with Gasteiger partial charge in [0.05, 0.1) is 12.0 Å². The van der Waals surface area contributed by atoms with E-state index < -0.39 is 5.97 Å². The van der Waals surface area contributed by atoms with E-state index in [1.54, 1.807) is 0 Å². The molecule has 4 rings (SSSR count). The van der Waals surface area contributed by atoms with Crippen LogP contribution in [0.25, 0.3) is 0 Å². The monoisotopic (exact) mass is 318 g/mol. The molecule has 0 aromatic heterocycles. The number of carboxylic acids is 1. The van der Waals surface area contributed by atoms with Crippen molar-refractivity contribution in [3.05, 3.63) is 11.6 Å². The zero-order chi connectivity index (χ0) is 16.4. The summed E-state index contributed by atoms with van der Waals surface area (Å²) < 4.78 is 0. The van der Waals surface area contributed by atoms with Crippen molar-refractivity contribution in [2.75, 3.05) is 0 Å². The van der Waals surface area contributed by atoms with Crippen molar-refractivity contribution >= 4 is 5.97 Å². The Balaban J connectivity index is 1.66. The summed E-state index contributed by atoms with van der Waals surface area (Å²) >= 11 is 0. The molecule has 4 aliphatic carbocycles. The van der Waals surface area contributed by atoms with E-state index in [0.717, 1.165) is 38.5 Å². The molecule has 128 valence electrons. The average Bonchev–Trinajstić information content (AvgIpc) is 2.85. The zero-order valence-corrected chi connectivity index (χ0v) is 14.4. The lowest BCUT2D eigenvalue weighted by molar-refractivity contribution is -0.149. The van der Waals surface area contributed by atoms with Gasteiger partial charge in [-0.2, -0.15) is 0 Å². The lowest BCUT2D eigenvalue weighted by Crippen LogP contribution is -2.51. The summed E-state index contributed by atoms with van der Waals surface area (Å²) in [5.41, 5.74) is 1.76. The Morgan fingerprint density at radius 1 is 1.09 bits per heavy atom. The van der Waals surface area contributed by atoms with Crippen LogP contribution in [0.4, 0.5) is 0 Å². The first-order valence-electron chi connectivity index (χ1n) is 9.48. The van der Waals surface area contributed by atoms with E-state index in [1.165, 1.54) is 18.4 Å². The standard InChI is InChI=1S/C20H30O3/c1-19-9-7-13(21)11-12(19)3-4-14-15-5-6-17(18(22)23)20(15,2)10-8-16(14)19/h11,13-17,21H,3-10H2,1-2H3,(H,22,23)/t13?,14?,15?,16?,17-,19?,20?/m1/s1. The lowest BCUT2D eigenvalue weighted by atomic mass is 9.47. The second kappa shape index (κ2) is 5.08. The maximum absolute atomic E-state index is 11.7.